The topological polar surface area (TPSA) is 82.2 Å². The van der Waals surface area contributed by atoms with Crippen molar-refractivity contribution in [3.8, 4) is 0 Å². The summed E-state index contributed by atoms with van der Waals surface area (Å²) in [6.45, 7) is 0. The molecule has 0 radical (unpaired) electrons. The van der Waals surface area contributed by atoms with Gasteiger partial charge in [0.15, 0.2) is 0 Å². The van der Waals surface area contributed by atoms with Crippen molar-refractivity contribution in [2.75, 3.05) is 0 Å². The molecule has 6 heteroatoms. The van der Waals surface area contributed by atoms with E-state index in [0.717, 1.165) is 0 Å². The molecule has 1 fully saturated rings. The van der Waals surface area contributed by atoms with Crippen LogP contribution in [0.1, 0.15) is 36.2 Å². The second-order valence-electron chi connectivity index (χ2n) is 5.74. The second-order valence-corrected chi connectivity index (χ2v) is 5.74. The van der Waals surface area contributed by atoms with Crippen LogP contribution in [0, 0.1) is 11.7 Å². The van der Waals surface area contributed by atoms with Gasteiger partial charge in [0.2, 0.25) is 0 Å². The number of carboxylic acid groups (broad SMARTS) is 1. The Balaban J connectivity index is 1.67. The summed E-state index contributed by atoms with van der Waals surface area (Å²) in [7, 11) is 0. The zero-order chi connectivity index (χ0) is 15.7. The van der Waals surface area contributed by atoms with Crippen LogP contribution in [0.2, 0.25) is 0 Å². The Kier molecular flexibility index (Phi) is 3.83. The number of aromatic amines is 1. The smallest absolute Gasteiger partial charge is 0.306 e. The molecule has 0 atom stereocenters. The number of halogens is 1. The number of carbonyl (C=O) groups excluding carboxylic acids is 1. The van der Waals surface area contributed by atoms with Gasteiger partial charge in [-0.15, -0.1) is 0 Å². The van der Waals surface area contributed by atoms with Gasteiger partial charge in [-0.25, -0.2) is 4.39 Å². The number of amides is 1. The third kappa shape index (κ3) is 2.81. The molecule has 0 bridgehead atoms. The molecular formula is C16H17FN2O3. The lowest BCUT2D eigenvalue weighted by atomic mass is 9.86. The van der Waals surface area contributed by atoms with Crippen LogP contribution in [-0.4, -0.2) is 28.0 Å². The molecule has 1 aromatic carbocycles. The number of aliphatic carboxylic acids is 1. The molecule has 22 heavy (non-hydrogen) atoms. The zero-order valence-corrected chi connectivity index (χ0v) is 11.9. The normalized spacial score (nSPS) is 21.7. The van der Waals surface area contributed by atoms with Gasteiger partial charge in [0.05, 0.1) is 5.92 Å². The van der Waals surface area contributed by atoms with Crippen molar-refractivity contribution in [1.82, 2.24) is 10.3 Å². The van der Waals surface area contributed by atoms with E-state index in [4.69, 9.17) is 5.11 Å². The van der Waals surface area contributed by atoms with Crippen LogP contribution in [0.25, 0.3) is 10.9 Å². The summed E-state index contributed by atoms with van der Waals surface area (Å²) in [5, 5.41) is 12.2. The van der Waals surface area contributed by atoms with Crippen LogP contribution in [0.15, 0.2) is 24.3 Å². The van der Waals surface area contributed by atoms with E-state index in [0.29, 0.717) is 42.3 Å². The number of nitrogens with one attached hydrogen (secondary N) is 2. The highest BCUT2D eigenvalue weighted by Crippen LogP contribution is 2.25. The van der Waals surface area contributed by atoms with Gasteiger partial charge < -0.3 is 15.4 Å². The molecule has 1 heterocycles. The first-order valence-electron chi connectivity index (χ1n) is 7.35. The minimum atomic E-state index is -0.768. The molecule has 3 N–H and O–H groups in total. The van der Waals surface area contributed by atoms with E-state index in [-0.39, 0.29) is 23.7 Å². The highest BCUT2D eigenvalue weighted by molar-refractivity contribution is 5.98. The molecule has 1 amide bonds. The van der Waals surface area contributed by atoms with E-state index in [1.165, 1.54) is 12.1 Å². The van der Waals surface area contributed by atoms with Crippen molar-refractivity contribution in [2.24, 2.45) is 5.92 Å². The molecular weight excluding hydrogens is 287 g/mol. The fraction of sp³-hybridized carbons (Fsp3) is 0.375. The highest BCUT2D eigenvalue weighted by atomic mass is 19.1. The van der Waals surface area contributed by atoms with Crippen LogP contribution in [0.5, 0.6) is 0 Å². The number of fused-ring (bicyclic) bond motifs is 1. The van der Waals surface area contributed by atoms with Gasteiger partial charge in [-0.2, -0.15) is 0 Å². The molecule has 5 nitrogen and oxygen atoms in total. The summed E-state index contributed by atoms with van der Waals surface area (Å²) in [5.74, 6) is -1.73. The molecule has 116 valence electrons. The standard InChI is InChI=1S/C16H17FN2O3/c17-12-2-1-3-13-11(12)8-14(19-13)15(20)18-10-6-4-9(5-7-10)16(21)22/h1-3,8-10,19H,4-7H2,(H,18,20)(H,21,22). The predicted octanol–water partition coefficient (Wildman–Crippen LogP) is 2.68. The summed E-state index contributed by atoms with van der Waals surface area (Å²) in [5.41, 5.74) is 0.903. The van der Waals surface area contributed by atoms with Gasteiger partial charge in [0.1, 0.15) is 11.5 Å². The summed E-state index contributed by atoms with van der Waals surface area (Å²) in [6, 6.07) is 6.13. The van der Waals surface area contributed by atoms with E-state index < -0.39 is 5.97 Å². The second kappa shape index (κ2) is 5.79. The lowest BCUT2D eigenvalue weighted by molar-refractivity contribution is -0.142. The first kappa shape index (κ1) is 14.6. The molecule has 0 unspecified atom stereocenters. The predicted molar refractivity (Wildman–Crippen MR) is 79.1 cm³/mol. The molecule has 0 aliphatic heterocycles. The maximum atomic E-state index is 13.6. The molecule has 3 rings (SSSR count). The van der Waals surface area contributed by atoms with Crippen molar-refractivity contribution in [1.29, 1.82) is 0 Å². The molecule has 1 aliphatic carbocycles. The fourth-order valence-corrected chi connectivity index (χ4v) is 2.99. The SMILES string of the molecule is O=C(NC1CCC(C(=O)O)CC1)c1cc2c(F)cccc2[nH]1. The molecule has 0 saturated heterocycles. The Bertz CT molecular complexity index is 717. The van der Waals surface area contributed by atoms with E-state index in [1.807, 2.05) is 0 Å². The van der Waals surface area contributed by atoms with Crippen LogP contribution in [-0.2, 0) is 4.79 Å². The first-order chi connectivity index (χ1) is 10.5. The van der Waals surface area contributed by atoms with E-state index in [9.17, 15) is 14.0 Å². The van der Waals surface area contributed by atoms with Crippen LogP contribution in [0.3, 0.4) is 0 Å². The number of rotatable bonds is 3. The molecule has 1 aromatic heterocycles. The van der Waals surface area contributed by atoms with Gasteiger partial charge >= 0.3 is 5.97 Å². The van der Waals surface area contributed by atoms with Crippen LogP contribution >= 0.6 is 0 Å². The van der Waals surface area contributed by atoms with Gasteiger partial charge in [0, 0.05) is 16.9 Å². The van der Waals surface area contributed by atoms with Crippen LogP contribution in [0.4, 0.5) is 4.39 Å². The Hall–Kier alpha value is -2.37. The number of carboxylic acids is 1. The quantitative estimate of drug-likeness (QED) is 0.815. The minimum Gasteiger partial charge on any atom is -0.481 e. The van der Waals surface area contributed by atoms with Gasteiger partial charge in [-0.3, -0.25) is 9.59 Å². The fourth-order valence-electron chi connectivity index (χ4n) is 2.99. The number of aromatic nitrogens is 1. The van der Waals surface area contributed by atoms with Crippen molar-refractivity contribution in [3.63, 3.8) is 0 Å². The van der Waals surface area contributed by atoms with Crippen molar-refractivity contribution in [3.05, 3.63) is 35.8 Å². The minimum absolute atomic E-state index is 0.0284. The van der Waals surface area contributed by atoms with Crippen LogP contribution < -0.4 is 5.32 Å². The van der Waals surface area contributed by atoms with E-state index in [2.05, 4.69) is 10.3 Å². The Labute approximate surface area is 126 Å². The Morgan fingerprint density at radius 2 is 1.95 bits per heavy atom. The Morgan fingerprint density at radius 3 is 2.59 bits per heavy atom. The number of benzene rings is 1. The first-order valence-corrected chi connectivity index (χ1v) is 7.35. The largest absolute Gasteiger partial charge is 0.481 e. The molecule has 0 spiro atoms. The average molecular weight is 304 g/mol. The highest BCUT2D eigenvalue weighted by Gasteiger charge is 2.27. The number of carbonyl (C=O) groups is 2. The van der Waals surface area contributed by atoms with Gasteiger partial charge in [-0.05, 0) is 43.9 Å². The lowest BCUT2D eigenvalue weighted by Gasteiger charge is -2.26. The average Bonchev–Trinajstić information content (AvgIpc) is 2.93. The maximum absolute atomic E-state index is 13.6. The zero-order valence-electron chi connectivity index (χ0n) is 11.9. The third-order valence-electron chi connectivity index (χ3n) is 4.27. The van der Waals surface area contributed by atoms with Gasteiger partial charge in [0.25, 0.3) is 5.91 Å². The number of hydrogen-bond donors (Lipinski definition) is 3. The summed E-state index contributed by atoms with van der Waals surface area (Å²) < 4.78 is 13.6. The summed E-state index contributed by atoms with van der Waals surface area (Å²) >= 11 is 0. The summed E-state index contributed by atoms with van der Waals surface area (Å²) in [6.07, 6.45) is 2.44. The van der Waals surface area contributed by atoms with Crippen molar-refractivity contribution in [2.45, 2.75) is 31.7 Å². The van der Waals surface area contributed by atoms with Gasteiger partial charge in [-0.1, -0.05) is 6.07 Å². The number of H-pyrrole nitrogens is 1. The van der Waals surface area contributed by atoms with E-state index in [1.54, 1.807) is 12.1 Å². The lowest BCUT2D eigenvalue weighted by Crippen LogP contribution is -2.38. The van der Waals surface area contributed by atoms with Crippen molar-refractivity contribution < 1.29 is 19.1 Å². The molecule has 2 aromatic rings. The third-order valence-corrected chi connectivity index (χ3v) is 4.27. The molecule has 1 aliphatic rings. The van der Waals surface area contributed by atoms with E-state index >= 15 is 0 Å². The monoisotopic (exact) mass is 304 g/mol. The summed E-state index contributed by atoms with van der Waals surface area (Å²) in [4.78, 5) is 26.0. The van der Waals surface area contributed by atoms with Crippen molar-refractivity contribution >= 4 is 22.8 Å². The maximum Gasteiger partial charge on any atom is 0.306 e. The Morgan fingerprint density at radius 1 is 1.23 bits per heavy atom. The number of hydrogen-bond acceptors (Lipinski definition) is 2. The molecule has 1 saturated carbocycles.